The summed E-state index contributed by atoms with van der Waals surface area (Å²) in [5.74, 6) is -2.17. The highest BCUT2D eigenvalue weighted by Crippen LogP contribution is 2.24. The molecular formula is C13H16N2O6. The number of nitrogens with two attached hydrogens (primary N) is 1. The van der Waals surface area contributed by atoms with Crippen LogP contribution in [0.15, 0.2) is 18.2 Å². The number of aliphatic carboxylic acids is 1. The SMILES string of the molecule is COc1ccc(C(=O)NC(CC(N)=O)C(=O)O)c(OC)c1. The lowest BCUT2D eigenvalue weighted by atomic mass is 10.1. The Balaban J connectivity index is 2.96. The van der Waals surface area contributed by atoms with E-state index in [2.05, 4.69) is 5.32 Å². The molecule has 8 nitrogen and oxygen atoms in total. The van der Waals surface area contributed by atoms with E-state index in [1.807, 2.05) is 0 Å². The summed E-state index contributed by atoms with van der Waals surface area (Å²) in [6.45, 7) is 0. The molecule has 1 unspecified atom stereocenters. The van der Waals surface area contributed by atoms with Crippen LogP contribution >= 0.6 is 0 Å². The molecule has 1 rings (SSSR count). The van der Waals surface area contributed by atoms with Gasteiger partial charge in [0.2, 0.25) is 5.91 Å². The second-order valence-corrected chi connectivity index (χ2v) is 4.10. The number of hydrogen-bond acceptors (Lipinski definition) is 5. The van der Waals surface area contributed by atoms with E-state index >= 15 is 0 Å². The van der Waals surface area contributed by atoms with Gasteiger partial charge in [0.05, 0.1) is 26.2 Å². The predicted molar refractivity (Wildman–Crippen MR) is 72.2 cm³/mol. The van der Waals surface area contributed by atoms with Gasteiger partial charge in [-0.05, 0) is 12.1 Å². The Morgan fingerprint density at radius 3 is 2.43 bits per heavy atom. The highest BCUT2D eigenvalue weighted by molar-refractivity contribution is 5.99. The lowest BCUT2D eigenvalue weighted by Gasteiger charge is -2.15. The Morgan fingerprint density at radius 1 is 1.29 bits per heavy atom. The van der Waals surface area contributed by atoms with Crippen LogP contribution in [0.2, 0.25) is 0 Å². The van der Waals surface area contributed by atoms with Crippen LogP contribution in [0.5, 0.6) is 11.5 Å². The monoisotopic (exact) mass is 296 g/mol. The molecule has 0 spiro atoms. The van der Waals surface area contributed by atoms with Crippen LogP contribution < -0.4 is 20.5 Å². The molecule has 2 amide bonds. The third-order valence-electron chi connectivity index (χ3n) is 2.66. The third kappa shape index (κ3) is 4.37. The van der Waals surface area contributed by atoms with Crippen molar-refractivity contribution in [3.8, 4) is 11.5 Å². The van der Waals surface area contributed by atoms with E-state index in [0.717, 1.165) is 0 Å². The summed E-state index contributed by atoms with van der Waals surface area (Å²) in [5, 5.41) is 11.2. The largest absolute Gasteiger partial charge is 0.497 e. The van der Waals surface area contributed by atoms with Gasteiger partial charge in [0.15, 0.2) is 0 Å². The standard InChI is InChI=1S/C13H16N2O6/c1-20-7-3-4-8(10(5-7)21-2)12(17)15-9(13(18)19)6-11(14)16/h3-5,9H,6H2,1-2H3,(H2,14,16)(H,15,17)(H,18,19). The first-order valence-electron chi connectivity index (χ1n) is 5.93. The highest BCUT2D eigenvalue weighted by Gasteiger charge is 2.24. The number of hydrogen-bond donors (Lipinski definition) is 3. The van der Waals surface area contributed by atoms with Crippen molar-refractivity contribution in [1.29, 1.82) is 0 Å². The van der Waals surface area contributed by atoms with E-state index in [4.69, 9.17) is 20.3 Å². The van der Waals surface area contributed by atoms with Crippen LogP contribution in [0.1, 0.15) is 16.8 Å². The van der Waals surface area contributed by atoms with Crippen molar-refractivity contribution in [3.05, 3.63) is 23.8 Å². The van der Waals surface area contributed by atoms with Gasteiger partial charge in [0, 0.05) is 6.07 Å². The van der Waals surface area contributed by atoms with Gasteiger partial charge in [0.1, 0.15) is 17.5 Å². The molecule has 0 aliphatic heterocycles. The van der Waals surface area contributed by atoms with Crippen LogP contribution in [-0.4, -0.2) is 43.2 Å². The van der Waals surface area contributed by atoms with Crippen molar-refractivity contribution < 1.29 is 29.0 Å². The van der Waals surface area contributed by atoms with Crippen LogP contribution in [0.4, 0.5) is 0 Å². The van der Waals surface area contributed by atoms with Crippen LogP contribution in [0.3, 0.4) is 0 Å². The molecule has 1 aromatic rings. The Bertz CT molecular complexity index is 558. The minimum absolute atomic E-state index is 0.119. The van der Waals surface area contributed by atoms with E-state index in [1.54, 1.807) is 0 Å². The molecule has 1 aromatic carbocycles. The zero-order valence-electron chi connectivity index (χ0n) is 11.6. The number of rotatable bonds is 7. The summed E-state index contributed by atoms with van der Waals surface area (Å²) in [7, 11) is 2.82. The van der Waals surface area contributed by atoms with E-state index in [0.29, 0.717) is 5.75 Å². The zero-order valence-corrected chi connectivity index (χ0v) is 11.6. The summed E-state index contributed by atoms with van der Waals surface area (Å²) >= 11 is 0. The average molecular weight is 296 g/mol. The molecule has 21 heavy (non-hydrogen) atoms. The van der Waals surface area contributed by atoms with E-state index in [1.165, 1.54) is 32.4 Å². The Morgan fingerprint density at radius 2 is 1.95 bits per heavy atom. The maximum Gasteiger partial charge on any atom is 0.326 e. The number of ether oxygens (including phenoxy) is 2. The molecule has 4 N–H and O–H groups in total. The third-order valence-corrected chi connectivity index (χ3v) is 2.66. The maximum absolute atomic E-state index is 12.1. The minimum atomic E-state index is -1.40. The topological polar surface area (TPSA) is 128 Å². The second kappa shape index (κ2) is 7.13. The molecule has 0 aliphatic rings. The molecule has 1 atom stereocenters. The molecule has 114 valence electrons. The number of amides is 2. The van der Waals surface area contributed by atoms with Gasteiger partial charge in [-0.2, -0.15) is 0 Å². The number of carboxylic acid groups (broad SMARTS) is 1. The summed E-state index contributed by atoms with van der Waals surface area (Å²) in [5.41, 5.74) is 5.06. The normalized spacial score (nSPS) is 11.3. The molecule has 0 bridgehead atoms. The predicted octanol–water partition coefficient (Wildman–Crippen LogP) is -0.238. The number of carbonyl (C=O) groups is 3. The lowest BCUT2D eigenvalue weighted by molar-refractivity contribution is -0.140. The van der Waals surface area contributed by atoms with Crippen LogP contribution in [0.25, 0.3) is 0 Å². The van der Waals surface area contributed by atoms with Crippen molar-refractivity contribution in [2.24, 2.45) is 5.73 Å². The number of carbonyl (C=O) groups excluding carboxylic acids is 2. The fraction of sp³-hybridized carbons (Fsp3) is 0.308. The highest BCUT2D eigenvalue weighted by atomic mass is 16.5. The average Bonchev–Trinajstić information content (AvgIpc) is 2.45. The van der Waals surface area contributed by atoms with Crippen LogP contribution in [0, 0.1) is 0 Å². The molecule has 8 heteroatoms. The van der Waals surface area contributed by atoms with Gasteiger partial charge in [-0.1, -0.05) is 0 Å². The summed E-state index contributed by atoms with van der Waals surface area (Å²) in [6.07, 6.45) is -0.500. The van der Waals surface area contributed by atoms with Gasteiger partial charge in [-0.15, -0.1) is 0 Å². The number of carboxylic acids is 1. The number of benzene rings is 1. The first-order chi connectivity index (χ1) is 9.88. The summed E-state index contributed by atoms with van der Waals surface area (Å²) in [4.78, 5) is 33.9. The smallest absolute Gasteiger partial charge is 0.326 e. The van der Waals surface area contributed by atoms with Crippen molar-refractivity contribution in [2.75, 3.05) is 14.2 Å². The first kappa shape index (κ1) is 16.3. The van der Waals surface area contributed by atoms with Gasteiger partial charge < -0.3 is 25.6 Å². The molecule has 0 radical (unpaired) electrons. The van der Waals surface area contributed by atoms with Crippen LogP contribution in [-0.2, 0) is 9.59 Å². The summed E-state index contributed by atoms with van der Waals surface area (Å²) in [6, 6.07) is 3.04. The van der Waals surface area contributed by atoms with E-state index in [-0.39, 0.29) is 11.3 Å². The fourth-order valence-corrected chi connectivity index (χ4v) is 1.62. The molecule has 0 heterocycles. The Hall–Kier alpha value is -2.77. The van der Waals surface area contributed by atoms with Gasteiger partial charge >= 0.3 is 5.97 Å². The number of methoxy groups -OCH3 is 2. The van der Waals surface area contributed by atoms with Gasteiger partial charge in [-0.25, -0.2) is 4.79 Å². The molecule has 0 saturated carbocycles. The quantitative estimate of drug-likeness (QED) is 0.637. The van der Waals surface area contributed by atoms with Crippen molar-refractivity contribution in [1.82, 2.24) is 5.32 Å². The maximum atomic E-state index is 12.1. The van der Waals surface area contributed by atoms with E-state index < -0.39 is 30.2 Å². The van der Waals surface area contributed by atoms with Crippen molar-refractivity contribution in [3.63, 3.8) is 0 Å². The fourth-order valence-electron chi connectivity index (χ4n) is 1.62. The van der Waals surface area contributed by atoms with Crippen molar-refractivity contribution >= 4 is 17.8 Å². The van der Waals surface area contributed by atoms with E-state index in [9.17, 15) is 14.4 Å². The second-order valence-electron chi connectivity index (χ2n) is 4.10. The molecular weight excluding hydrogens is 280 g/mol. The van der Waals surface area contributed by atoms with Gasteiger partial charge in [0.25, 0.3) is 5.91 Å². The molecule has 0 aromatic heterocycles. The molecule has 0 saturated heterocycles. The zero-order chi connectivity index (χ0) is 16.0. The van der Waals surface area contributed by atoms with Gasteiger partial charge in [-0.3, -0.25) is 9.59 Å². The summed E-state index contributed by atoms with van der Waals surface area (Å²) < 4.78 is 10.0. The lowest BCUT2D eigenvalue weighted by Crippen LogP contribution is -2.43. The number of primary amides is 1. The first-order valence-corrected chi connectivity index (χ1v) is 5.93. The number of nitrogens with one attached hydrogen (secondary N) is 1. The minimum Gasteiger partial charge on any atom is -0.497 e. The Kier molecular flexibility index (Phi) is 5.53. The Labute approximate surface area is 120 Å². The molecule has 0 aliphatic carbocycles. The molecule has 0 fully saturated rings. The van der Waals surface area contributed by atoms with Crippen molar-refractivity contribution in [2.45, 2.75) is 12.5 Å².